The smallest absolute Gasteiger partial charge is 0.119 e. The molecule has 0 aliphatic rings. The maximum atomic E-state index is 10.3. The Labute approximate surface area is 86.7 Å². The summed E-state index contributed by atoms with van der Waals surface area (Å²) in [6.45, 7) is 6.26. The normalized spacial score (nSPS) is 12.7. The minimum atomic E-state index is -1.08. The zero-order valence-corrected chi connectivity index (χ0v) is 9.91. The van der Waals surface area contributed by atoms with Crippen LogP contribution in [0.2, 0.25) is 0 Å². The van der Waals surface area contributed by atoms with Crippen LogP contribution in [-0.4, -0.2) is 48.8 Å². The Balaban J connectivity index is 0. The van der Waals surface area contributed by atoms with Gasteiger partial charge in [-0.1, -0.05) is 20.8 Å². The average molecular weight is 205 g/mol. The fourth-order valence-electron chi connectivity index (χ4n) is 1.11. The van der Waals surface area contributed by atoms with Crippen LogP contribution < -0.4 is 5.11 Å². The van der Waals surface area contributed by atoms with Gasteiger partial charge in [0.05, 0.1) is 20.1 Å². The molecule has 0 aliphatic heterocycles. The summed E-state index contributed by atoms with van der Waals surface area (Å²) >= 11 is 0. The van der Waals surface area contributed by atoms with Crippen LogP contribution in [0.1, 0.15) is 27.2 Å². The van der Waals surface area contributed by atoms with Crippen LogP contribution in [0.5, 0.6) is 0 Å². The van der Waals surface area contributed by atoms with E-state index >= 15 is 0 Å². The predicted octanol–water partition coefficient (Wildman–Crippen LogP) is -0.390. The topological polar surface area (TPSA) is 60.4 Å². The molecular formula is C10H23NO3. The van der Waals surface area contributed by atoms with Crippen LogP contribution in [0.4, 0.5) is 0 Å². The molecule has 0 saturated carbocycles. The highest BCUT2D eigenvalue weighted by atomic mass is 16.4. The highest BCUT2D eigenvalue weighted by Crippen LogP contribution is 2.01. The van der Waals surface area contributed by atoms with Crippen molar-refractivity contribution in [1.82, 2.24) is 0 Å². The zero-order chi connectivity index (χ0) is 11.8. The summed E-state index contributed by atoms with van der Waals surface area (Å²) in [7, 11) is 3.52. The summed E-state index contributed by atoms with van der Waals surface area (Å²) in [6, 6.07) is 0. The fraction of sp³-hybridized carbons (Fsp3) is 0.900. The molecule has 0 fully saturated rings. The molecule has 4 heteroatoms. The molecule has 1 N–H and O–H groups in total. The van der Waals surface area contributed by atoms with Gasteiger partial charge in [-0.25, -0.2) is 0 Å². The Bertz CT molecular complexity index is 157. The van der Waals surface area contributed by atoms with Crippen molar-refractivity contribution in [3.63, 3.8) is 0 Å². The first-order valence-electron chi connectivity index (χ1n) is 5.07. The first-order chi connectivity index (χ1) is 6.37. The molecule has 0 bridgehead atoms. The number of aliphatic hydroxyl groups excluding tert-OH is 1. The molecule has 0 spiro atoms. The number of likely N-dealkylation sites (N-methyl/N-ethyl adjacent to an activating group) is 1. The summed E-state index contributed by atoms with van der Waals surface area (Å²) in [5.74, 6) is -1.08. The van der Waals surface area contributed by atoms with Crippen LogP contribution in [0, 0.1) is 0 Å². The molecule has 4 nitrogen and oxygen atoms in total. The van der Waals surface area contributed by atoms with Gasteiger partial charge in [0, 0.05) is 0 Å². The lowest BCUT2D eigenvalue weighted by atomic mass is 10.2. The molecule has 14 heavy (non-hydrogen) atoms. The van der Waals surface area contributed by atoms with Crippen molar-refractivity contribution in [1.29, 1.82) is 0 Å². The molecule has 1 atom stereocenters. The Morgan fingerprint density at radius 3 is 2.14 bits per heavy atom. The number of nitrogens with zero attached hydrogens (tertiary/aromatic N) is 1. The second kappa shape index (κ2) is 7.76. The van der Waals surface area contributed by atoms with Crippen LogP contribution in [0.25, 0.3) is 0 Å². The molecule has 86 valence electrons. The number of carbonyl (C=O) groups is 1. The number of carbonyl (C=O) groups excluding carboxylic acids is 1. The van der Waals surface area contributed by atoms with Crippen LogP contribution >= 0.6 is 0 Å². The van der Waals surface area contributed by atoms with Crippen molar-refractivity contribution >= 4 is 5.97 Å². The summed E-state index contributed by atoms with van der Waals surface area (Å²) in [5, 5.41) is 19.6. The monoisotopic (exact) mass is 205 g/mol. The number of hydrogen-bond acceptors (Lipinski definition) is 3. The van der Waals surface area contributed by atoms with E-state index in [0.717, 1.165) is 0 Å². The molecule has 0 saturated heterocycles. The minimum Gasteiger partial charge on any atom is -0.544 e. The second-order valence-electron chi connectivity index (χ2n) is 3.71. The van der Waals surface area contributed by atoms with Gasteiger partial charge in [0.15, 0.2) is 0 Å². The van der Waals surface area contributed by atoms with Gasteiger partial charge in [-0.15, -0.1) is 0 Å². The van der Waals surface area contributed by atoms with Crippen LogP contribution in [0.3, 0.4) is 0 Å². The van der Waals surface area contributed by atoms with Gasteiger partial charge in [-0.3, -0.25) is 0 Å². The Hall–Kier alpha value is -0.610. The van der Waals surface area contributed by atoms with Crippen molar-refractivity contribution in [3.05, 3.63) is 0 Å². The molecular weight excluding hydrogens is 182 g/mol. The number of aliphatic carboxylic acids is 1. The van der Waals surface area contributed by atoms with Crippen molar-refractivity contribution in [2.75, 3.05) is 27.2 Å². The third kappa shape index (κ3) is 9.48. The summed E-state index contributed by atoms with van der Waals surface area (Å²) < 4.78 is 0.261. The number of rotatable bonds is 5. The highest BCUT2D eigenvalue weighted by molar-refractivity contribution is 5.65. The maximum Gasteiger partial charge on any atom is 0.119 e. The summed E-state index contributed by atoms with van der Waals surface area (Å²) in [6.07, 6.45) is 0.216. The molecule has 0 heterocycles. The van der Waals surface area contributed by atoms with E-state index in [4.69, 9.17) is 0 Å². The third-order valence-corrected chi connectivity index (χ3v) is 1.73. The third-order valence-electron chi connectivity index (χ3n) is 1.73. The summed E-state index contributed by atoms with van der Waals surface area (Å²) in [4.78, 5) is 10.3. The van der Waals surface area contributed by atoms with Gasteiger partial charge in [-0.2, -0.15) is 0 Å². The van der Waals surface area contributed by atoms with E-state index < -0.39 is 12.1 Å². The standard InChI is InChI=1S/C8H17NO3.C2H6/c1-4-7(10)5-9(2,3)6-8(11)12;1-2/h7,10H,4-6H2,1-3H3;1-2H3. The van der Waals surface area contributed by atoms with Gasteiger partial charge >= 0.3 is 0 Å². The fourth-order valence-corrected chi connectivity index (χ4v) is 1.11. The van der Waals surface area contributed by atoms with Crippen LogP contribution in [-0.2, 0) is 4.79 Å². The molecule has 0 amide bonds. The Morgan fingerprint density at radius 1 is 1.43 bits per heavy atom. The molecule has 0 aromatic carbocycles. The van der Waals surface area contributed by atoms with E-state index in [9.17, 15) is 15.0 Å². The molecule has 0 aromatic rings. The molecule has 0 aromatic heterocycles. The molecule has 0 rings (SSSR count). The van der Waals surface area contributed by atoms with E-state index in [2.05, 4.69) is 0 Å². The zero-order valence-electron chi connectivity index (χ0n) is 9.91. The Morgan fingerprint density at radius 2 is 1.86 bits per heavy atom. The average Bonchev–Trinajstić information content (AvgIpc) is 2.04. The van der Waals surface area contributed by atoms with E-state index in [1.807, 2.05) is 20.8 Å². The highest BCUT2D eigenvalue weighted by Gasteiger charge is 2.19. The van der Waals surface area contributed by atoms with Crippen LogP contribution in [0.15, 0.2) is 0 Å². The van der Waals surface area contributed by atoms with Crippen molar-refractivity contribution in [2.24, 2.45) is 0 Å². The largest absolute Gasteiger partial charge is 0.544 e. The summed E-state index contributed by atoms with van der Waals surface area (Å²) in [5.41, 5.74) is 0. The lowest BCUT2D eigenvalue weighted by molar-refractivity contribution is -0.887. The van der Waals surface area contributed by atoms with E-state index in [0.29, 0.717) is 13.0 Å². The Kier molecular flexibility index (Phi) is 8.79. The molecule has 0 radical (unpaired) electrons. The lowest BCUT2D eigenvalue weighted by Crippen LogP contribution is -2.51. The van der Waals surface area contributed by atoms with Gasteiger partial charge in [-0.05, 0) is 6.42 Å². The predicted molar refractivity (Wildman–Crippen MR) is 54.5 cm³/mol. The van der Waals surface area contributed by atoms with Crippen molar-refractivity contribution in [2.45, 2.75) is 33.3 Å². The van der Waals surface area contributed by atoms with Gasteiger partial charge in [0.2, 0.25) is 0 Å². The number of aliphatic hydroxyl groups is 1. The van der Waals surface area contributed by atoms with Gasteiger partial charge in [0.25, 0.3) is 0 Å². The van der Waals surface area contributed by atoms with Crippen molar-refractivity contribution in [3.8, 4) is 0 Å². The minimum absolute atomic E-state index is 0.0585. The first-order valence-corrected chi connectivity index (χ1v) is 5.07. The van der Waals surface area contributed by atoms with E-state index in [-0.39, 0.29) is 11.0 Å². The molecule has 0 aliphatic carbocycles. The van der Waals surface area contributed by atoms with E-state index in [1.165, 1.54) is 0 Å². The number of quaternary nitrogens is 1. The number of carboxylic acid groups (broad SMARTS) is 1. The lowest BCUT2D eigenvalue weighted by Gasteiger charge is -2.31. The second-order valence-corrected chi connectivity index (χ2v) is 3.71. The SMILES string of the molecule is CC.CCC(O)C[N+](C)(C)CC(=O)[O-]. The van der Waals surface area contributed by atoms with Crippen molar-refractivity contribution < 1.29 is 19.5 Å². The maximum absolute atomic E-state index is 10.3. The number of carboxylic acids is 1. The first kappa shape index (κ1) is 15.8. The molecule has 1 unspecified atom stereocenters. The van der Waals surface area contributed by atoms with E-state index in [1.54, 1.807) is 14.1 Å². The van der Waals surface area contributed by atoms with Gasteiger partial charge in [0.1, 0.15) is 19.2 Å². The number of hydrogen-bond donors (Lipinski definition) is 1. The quantitative estimate of drug-likeness (QED) is 0.622. The van der Waals surface area contributed by atoms with Gasteiger partial charge < -0.3 is 19.5 Å².